The second-order valence-electron chi connectivity index (χ2n) is 13.5. The van der Waals surface area contributed by atoms with Gasteiger partial charge in [0.05, 0.1) is 12.5 Å². The van der Waals surface area contributed by atoms with Crippen molar-refractivity contribution in [1.82, 2.24) is 26.6 Å². The van der Waals surface area contributed by atoms with Gasteiger partial charge >= 0.3 is 23.9 Å². The summed E-state index contributed by atoms with van der Waals surface area (Å²) in [5.74, 6) is -10.1. The Kier molecular flexibility index (Phi) is 19.9. The van der Waals surface area contributed by atoms with E-state index in [1.54, 1.807) is 20.8 Å². The Morgan fingerprint density at radius 2 is 1.02 bits per heavy atom. The molecular weight excluding hydrogens is 688 g/mol. The van der Waals surface area contributed by atoms with Gasteiger partial charge in [-0.2, -0.15) is 0 Å². The quantitative estimate of drug-likeness (QED) is 0.0594. The first-order chi connectivity index (χ1) is 24.3. The van der Waals surface area contributed by atoms with Crippen LogP contribution in [0.15, 0.2) is 0 Å². The van der Waals surface area contributed by atoms with E-state index < -0.39 is 122 Å². The largest absolute Gasteiger partial charge is 0.481 e. The molecule has 0 unspecified atom stereocenters. The summed E-state index contributed by atoms with van der Waals surface area (Å²) in [6.07, 6.45) is 1.82. The molecule has 0 aromatic rings. The number of nitrogens with two attached hydrogens (primary N) is 1. The molecule has 19 heteroatoms. The molecule has 6 atom stereocenters. The van der Waals surface area contributed by atoms with Crippen molar-refractivity contribution >= 4 is 53.4 Å². The average Bonchev–Trinajstić information content (AvgIpc) is 3.05. The van der Waals surface area contributed by atoms with Gasteiger partial charge in [-0.3, -0.25) is 38.4 Å². The summed E-state index contributed by atoms with van der Waals surface area (Å²) in [5, 5.41) is 49.0. The molecule has 0 aromatic carbocycles. The Balaban J connectivity index is 3.31. The van der Waals surface area contributed by atoms with Crippen LogP contribution in [0.3, 0.4) is 0 Å². The first kappa shape index (κ1) is 45.2. The maximum atomic E-state index is 13.7. The van der Waals surface area contributed by atoms with Crippen LogP contribution in [0.1, 0.15) is 104 Å². The summed E-state index contributed by atoms with van der Waals surface area (Å²) < 4.78 is 0. The molecule has 11 N–H and O–H groups in total. The normalized spacial score (nSPS) is 16.6. The van der Waals surface area contributed by atoms with Crippen molar-refractivity contribution < 1.29 is 63.6 Å². The highest BCUT2D eigenvalue weighted by molar-refractivity contribution is 5.97. The SMILES string of the molecule is CC[C@H](NC(=O)[C@H](CC1CCCCC1)NC(=O)[C@H](CCC(=O)O)NC(=O)[C@H](CC(C)C)NC(=O)[C@H](CCC(=O)O)NC(=O)[C@@H](N)CC(=O)O)C(=O)O. The van der Waals surface area contributed by atoms with E-state index in [2.05, 4.69) is 26.6 Å². The summed E-state index contributed by atoms with van der Waals surface area (Å²) in [7, 11) is 0. The first-order valence-corrected chi connectivity index (χ1v) is 17.5. The van der Waals surface area contributed by atoms with Crippen LogP contribution < -0.4 is 32.3 Å². The van der Waals surface area contributed by atoms with Gasteiger partial charge in [0.15, 0.2) is 0 Å². The predicted octanol–water partition coefficient (Wildman–Crippen LogP) is -0.547. The van der Waals surface area contributed by atoms with Crippen LogP contribution in [-0.2, 0) is 43.2 Å². The molecular formula is C33H54N6O13. The van der Waals surface area contributed by atoms with Crippen LogP contribution in [0.5, 0.6) is 0 Å². The molecule has 19 nitrogen and oxygen atoms in total. The maximum Gasteiger partial charge on any atom is 0.326 e. The minimum absolute atomic E-state index is 0.0245. The number of hydrogen-bond donors (Lipinski definition) is 10. The van der Waals surface area contributed by atoms with Gasteiger partial charge in [-0.25, -0.2) is 4.79 Å². The average molecular weight is 743 g/mol. The monoisotopic (exact) mass is 742 g/mol. The highest BCUT2D eigenvalue weighted by Crippen LogP contribution is 2.27. The first-order valence-electron chi connectivity index (χ1n) is 17.5. The fraction of sp³-hybridized carbons (Fsp3) is 0.727. The van der Waals surface area contributed by atoms with Gasteiger partial charge in [0.25, 0.3) is 0 Å². The fourth-order valence-electron chi connectivity index (χ4n) is 5.75. The maximum absolute atomic E-state index is 13.7. The van der Waals surface area contributed by atoms with Gasteiger partial charge < -0.3 is 52.7 Å². The number of hydrogen-bond acceptors (Lipinski definition) is 10. The molecule has 1 rings (SSSR count). The van der Waals surface area contributed by atoms with Gasteiger partial charge in [-0.1, -0.05) is 52.9 Å². The Morgan fingerprint density at radius 1 is 0.596 bits per heavy atom. The van der Waals surface area contributed by atoms with Crippen LogP contribution in [0.2, 0.25) is 0 Å². The standard InChI is InChI=1S/C33H54N6O13/c1-4-20(33(51)52)35-32(50)24(15-18-8-6-5-7-9-18)39-30(48)22(11-13-26(42)43)37-31(49)23(14-17(2)3)38-29(47)21(10-12-25(40)41)36-28(46)19(34)16-27(44)45/h17-24H,4-16,34H2,1-3H3,(H,35,50)(H,36,46)(H,37,49)(H,38,47)(H,39,48)(H,40,41)(H,42,43)(H,44,45)(H,51,52)/t19-,20-,21-,22-,23-,24-/m0/s1. The van der Waals surface area contributed by atoms with Crippen LogP contribution in [0.4, 0.5) is 0 Å². The zero-order valence-corrected chi connectivity index (χ0v) is 29.9. The predicted molar refractivity (Wildman–Crippen MR) is 182 cm³/mol. The molecule has 0 bridgehead atoms. The minimum atomic E-state index is -1.57. The summed E-state index contributed by atoms with van der Waals surface area (Å²) in [5.41, 5.74) is 5.58. The number of carboxylic acid groups (broad SMARTS) is 4. The Bertz CT molecular complexity index is 1290. The smallest absolute Gasteiger partial charge is 0.326 e. The molecule has 52 heavy (non-hydrogen) atoms. The minimum Gasteiger partial charge on any atom is -0.481 e. The number of carbonyl (C=O) groups excluding carboxylic acids is 5. The van der Waals surface area contributed by atoms with E-state index in [0.29, 0.717) is 0 Å². The Hall–Kier alpha value is -4.81. The summed E-state index contributed by atoms with van der Waals surface area (Å²) in [4.78, 5) is 112. The summed E-state index contributed by atoms with van der Waals surface area (Å²) in [6.45, 7) is 4.99. The van der Waals surface area contributed by atoms with E-state index >= 15 is 0 Å². The van der Waals surface area contributed by atoms with Gasteiger partial charge in [0.2, 0.25) is 29.5 Å². The van der Waals surface area contributed by atoms with E-state index in [1.807, 2.05) is 0 Å². The van der Waals surface area contributed by atoms with Crippen LogP contribution in [0.25, 0.3) is 0 Å². The van der Waals surface area contributed by atoms with Crippen molar-refractivity contribution in [3.8, 4) is 0 Å². The third-order valence-electron chi connectivity index (χ3n) is 8.58. The van der Waals surface area contributed by atoms with E-state index in [1.165, 1.54) is 0 Å². The molecule has 0 saturated heterocycles. The molecule has 1 fully saturated rings. The fourth-order valence-corrected chi connectivity index (χ4v) is 5.75. The van der Waals surface area contributed by atoms with Gasteiger partial charge in [0, 0.05) is 12.8 Å². The molecule has 0 aliphatic heterocycles. The van der Waals surface area contributed by atoms with Crippen molar-refractivity contribution in [3.05, 3.63) is 0 Å². The Labute approximate surface area is 301 Å². The van der Waals surface area contributed by atoms with E-state index in [0.717, 1.165) is 32.1 Å². The summed E-state index contributed by atoms with van der Waals surface area (Å²) in [6, 6.07) is -8.44. The third-order valence-corrected chi connectivity index (χ3v) is 8.58. The highest BCUT2D eigenvalue weighted by atomic mass is 16.4. The molecule has 5 amide bonds. The van der Waals surface area contributed by atoms with Crippen molar-refractivity contribution in [2.45, 2.75) is 140 Å². The van der Waals surface area contributed by atoms with Gasteiger partial charge in [-0.15, -0.1) is 0 Å². The zero-order chi connectivity index (χ0) is 39.5. The number of rotatable bonds is 24. The molecule has 0 spiro atoms. The van der Waals surface area contributed by atoms with Crippen LogP contribution in [0, 0.1) is 11.8 Å². The second kappa shape index (κ2) is 22.9. The van der Waals surface area contributed by atoms with Crippen molar-refractivity contribution in [2.24, 2.45) is 17.6 Å². The number of aliphatic carboxylic acids is 4. The number of amides is 5. The Morgan fingerprint density at radius 3 is 1.46 bits per heavy atom. The molecule has 1 aliphatic carbocycles. The molecule has 0 aromatic heterocycles. The topological polar surface area (TPSA) is 321 Å². The third kappa shape index (κ3) is 17.4. The van der Waals surface area contributed by atoms with E-state index in [9.17, 15) is 53.4 Å². The second-order valence-corrected chi connectivity index (χ2v) is 13.5. The molecule has 294 valence electrons. The van der Waals surface area contributed by atoms with Gasteiger partial charge in [-0.05, 0) is 43.9 Å². The zero-order valence-electron chi connectivity index (χ0n) is 29.9. The number of carboxylic acids is 4. The van der Waals surface area contributed by atoms with Gasteiger partial charge in [0.1, 0.15) is 30.2 Å². The van der Waals surface area contributed by atoms with Crippen molar-refractivity contribution in [2.75, 3.05) is 0 Å². The van der Waals surface area contributed by atoms with Crippen molar-refractivity contribution in [1.29, 1.82) is 0 Å². The van der Waals surface area contributed by atoms with Crippen LogP contribution in [-0.4, -0.2) is 110 Å². The highest BCUT2D eigenvalue weighted by Gasteiger charge is 2.34. The van der Waals surface area contributed by atoms with E-state index in [4.69, 9.17) is 15.9 Å². The number of carbonyl (C=O) groups is 9. The summed E-state index contributed by atoms with van der Waals surface area (Å²) >= 11 is 0. The lowest BCUT2D eigenvalue weighted by atomic mass is 9.84. The van der Waals surface area contributed by atoms with E-state index in [-0.39, 0.29) is 31.1 Å². The molecule has 1 aliphatic rings. The lowest BCUT2D eigenvalue weighted by molar-refractivity contribution is -0.142. The molecule has 0 heterocycles. The lowest BCUT2D eigenvalue weighted by Gasteiger charge is -2.29. The van der Waals surface area contributed by atoms with Crippen LogP contribution >= 0.6 is 0 Å². The molecule has 1 saturated carbocycles. The molecule has 0 radical (unpaired) electrons. The lowest BCUT2D eigenvalue weighted by Crippen LogP contribution is -2.59. The van der Waals surface area contributed by atoms with Crippen molar-refractivity contribution in [3.63, 3.8) is 0 Å². The number of nitrogens with one attached hydrogen (secondary N) is 5.